The Kier molecular flexibility index (Phi) is 5.16. The number of hydrogen-bond acceptors (Lipinski definition) is 4. The molecule has 1 aliphatic rings. The van der Waals surface area contributed by atoms with Gasteiger partial charge in [-0.3, -0.25) is 4.79 Å². The highest BCUT2D eigenvalue weighted by molar-refractivity contribution is 5.98. The van der Waals surface area contributed by atoms with Crippen molar-refractivity contribution in [2.75, 3.05) is 6.54 Å². The number of carbonyl (C=O) groups excluding carboxylic acids is 1. The average molecular weight is 371 g/mol. The van der Waals surface area contributed by atoms with Gasteiger partial charge in [0.05, 0.1) is 23.6 Å². The van der Waals surface area contributed by atoms with Crippen LogP contribution in [0.2, 0.25) is 0 Å². The highest BCUT2D eigenvalue weighted by Crippen LogP contribution is 2.25. The van der Waals surface area contributed by atoms with E-state index < -0.39 is 0 Å². The fraction of sp³-hybridized carbons (Fsp3) is 0.273. The van der Waals surface area contributed by atoms with Gasteiger partial charge in [-0.05, 0) is 50.0 Å². The zero-order chi connectivity index (χ0) is 19.3. The molecular formula is C22H21N5O. The van der Waals surface area contributed by atoms with Crippen LogP contribution in [0.5, 0.6) is 0 Å². The number of likely N-dealkylation sites (tertiary alicyclic amines) is 1. The fourth-order valence-corrected chi connectivity index (χ4v) is 3.44. The van der Waals surface area contributed by atoms with E-state index >= 15 is 0 Å². The maximum absolute atomic E-state index is 13.3. The second-order valence-corrected chi connectivity index (χ2v) is 6.90. The van der Waals surface area contributed by atoms with Gasteiger partial charge in [-0.25, -0.2) is 4.98 Å². The van der Waals surface area contributed by atoms with Gasteiger partial charge < -0.3 is 4.90 Å². The predicted molar refractivity (Wildman–Crippen MR) is 106 cm³/mol. The van der Waals surface area contributed by atoms with Crippen LogP contribution in [-0.2, 0) is 0 Å². The van der Waals surface area contributed by atoms with Gasteiger partial charge in [0, 0.05) is 24.7 Å². The quantitative estimate of drug-likeness (QED) is 0.650. The van der Waals surface area contributed by atoms with E-state index in [4.69, 9.17) is 0 Å². The van der Waals surface area contributed by atoms with Crippen LogP contribution in [0, 0.1) is 17.8 Å². The van der Waals surface area contributed by atoms with Crippen molar-refractivity contribution in [3.05, 3.63) is 72.3 Å². The van der Waals surface area contributed by atoms with Gasteiger partial charge in [-0.1, -0.05) is 24.1 Å². The number of aromatic nitrogens is 4. The van der Waals surface area contributed by atoms with Crippen LogP contribution in [-0.4, -0.2) is 43.4 Å². The molecule has 1 aliphatic heterocycles. The minimum atomic E-state index is -0.00950. The summed E-state index contributed by atoms with van der Waals surface area (Å²) in [4.78, 5) is 21.0. The summed E-state index contributed by atoms with van der Waals surface area (Å²) in [6.45, 7) is 2.70. The lowest BCUT2D eigenvalue weighted by Crippen LogP contribution is -2.45. The van der Waals surface area contributed by atoms with E-state index in [1.807, 2.05) is 47.4 Å². The van der Waals surface area contributed by atoms with E-state index in [-0.39, 0.29) is 17.9 Å². The Morgan fingerprint density at radius 1 is 1.04 bits per heavy atom. The number of amides is 1. The maximum Gasteiger partial charge on any atom is 0.256 e. The fourth-order valence-electron chi connectivity index (χ4n) is 3.44. The van der Waals surface area contributed by atoms with Gasteiger partial charge >= 0.3 is 0 Å². The zero-order valence-electron chi connectivity index (χ0n) is 15.7. The van der Waals surface area contributed by atoms with E-state index in [0.29, 0.717) is 17.8 Å². The first kappa shape index (κ1) is 17.9. The second kappa shape index (κ2) is 8.05. The molecule has 1 aromatic carbocycles. The van der Waals surface area contributed by atoms with Crippen molar-refractivity contribution in [3.8, 4) is 17.5 Å². The molecule has 0 spiro atoms. The normalized spacial score (nSPS) is 19.0. The topological polar surface area (TPSA) is 63.9 Å². The van der Waals surface area contributed by atoms with Crippen molar-refractivity contribution in [1.82, 2.24) is 24.9 Å². The van der Waals surface area contributed by atoms with Crippen LogP contribution in [0.3, 0.4) is 0 Å². The number of nitrogens with zero attached hydrogens (tertiary/aromatic N) is 5. The molecule has 140 valence electrons. The van der Waals surface area contributed by atoms with E-state index in [1.165, 1.54) is 4.80 Å². The lowest BCUT2D eigenvalue weighted by Gasteiger charge is -2.36. The Hall–Kier alpha value is -3.46. The van der Waals surface area contributed by atoms with Crippen LogP contribution in [0.1, 0.15) is 35.8 Å². The van der Waals surface area contributed by atoms with Crippen LogP contribution >= 0.6 is 0 Å². The number of piperidine rings is 1. The highest BCUT2D eigenvalue weighted by Gasteiger charge is 2.30. The maximum atomic E-state index is 13.3. The zero-order valence-corrected chi connectivity index (χ0v) is 15.7. The molecule has 28 heavy (non-hydrogen) atoms. The van der Waals surface area contributed by atoms with Crippen LogP contribution in [0.15, 0.2) is 61.1 Å². The molecule has 6 nitrogen and oxygen atoms in total. The number of carbonyl (C=O) groups is 1. The summed E-state index contributed by atoms with van der Waals surface area (Å²) >= 11 is 0. The molecule has 0 bridgehead atoms. The van der Waals surface area contributed by atoms with Crippen LogP contribution < -0.4 is 0 Å². The Morgan fingerprint density at radius 2 is 1.82 bits per heavy atom. The molecule has 2 aromatic heterocycles. The summed E-state index contributed by atoms with van der Waals surface area (Å²) in [5, 5.41) is 8.35. The molecule has 4 rings (SSSR count). The summed E-state index contributed by atoms with van der Waals surface area (Å²) in [6, 6.07) is 13.3. The van der Waals surface area contributed by atoms with Crippen molar-refractivity contribution in [2.45, 2.75) is 25.8 Å². The van der Waals surface area contributed by atoms with Gasteiger partial charge in [-0.2, -0.15) is 15.0 Å². The van der Waals surface area contributed by atoms with Gasteiger partial charge in [0.2, 0.25) is 0 Å². The first-order valence-corrected chi connectivity index (χ1v) is 9.41. The number of para-hydroxylation sites is 1. The van der Waals surface area contributed by atoms with Crippen LogP contribution in [0.4, 0.5) is 0 Å². The molecule has 1 fully saturated rings. The number of hydrogen-bond donors (Lipinski definition) is 0. The third-order valence-corrected chi connectivity index (χ3v) is 4.98. The Morgan fingerprint density at radius 3 is 2.61 bits per heavy atom. The standard InChI is InChI=1S/C22H21N5O/c1-17-9-10-18(11-12-19-6-4-5-13-23-19)16-26(17)22(28)20-7-2-3-8-21(20)27-24-14-15-25-27/h2-8,13-15,17-18H,9-10,16H2,1H3. The minimum absolute atomic E-state index is 0.00950. The summed E-state index contributed by atoms with van der Waals surface area (Å²) < 4.78 is 0. The van der Waals surface area contributed by atoms with Gasteiger partial charge in [0.1, 0.15) is 5.69 Å². The molecule has 3 heterocycles. The smallest absolute Gasteiger partial charge is 0.256 e. The van der Waals surface area contributed by atoms with Crippen molar-refractivity contribution < 1.29 is 4.79 Å². The van der Waals surface area contributed by atoms with Crippen LogP contribution in [0.25, 0.3) is 5.69 Å². The van der Waals surface area contributed by atoms with Gasteiger partial charge in [0.15, 0.2) is 0 Å². The van der Waals surface area contributed by atoms with Crippen molar-refractivity contribution >= 4 is 5.91 Å². The number of pyridine rings is 1. The molecular weight excluding hydrogens is 350 g/mol. The Labute approximate surface area is 164 Å². The van der Waals surface area contributed by atoms with Crippen molar-refractivity contribution in [2.24, 2.45) is 5.92 Å². The molecule has 0 saturated carbocycles. The first-order valence-electron chi connectivity index (χ1n) is 9.41. The van der Waals surface area contributed by atoms with Gasteiger partial charge in [0.25, 0.3) is 5.91 Å². The lowest BCUT2D eigenvalue weighted by molar-refractivity contribution is 0.0598. The predicted octanol–water partition coefficient (Wildman–Crippen LogP) is 2.95. The molecule has 6 heteroatoms. The molecule has 0 radical (unpaired) electrons. The summed E-state index contributed by atoms with van der Waals surface area (Å²) in [6.07, 6.45) is 6.85. The molecule has 2 atom stereocenters. The van der Waals surface area contributed by atoms with Gasteiger partial charge in [-0.15, -0.1) is 0 Å². The largest absolute Gasteiger partial charge is 0.335 e. The third kappa shape index (κ3) is 3.79. The first-order chi connectivity index (χ1) is 13.7. The van der Waals surface area contributed by atoms with E-state index in [2.05, 4.69) is 33.9 Å². The monoisotopic (exact) mass is 371 g/mol. The number of benzene rings is 1. The third-order valence-electron chi connectivity index (χ3n) is 4.98. The molecule has 2 unspecified atom stereocenters. The molecule has 3 aromatic rings. The van der Waals surface area contributed by atoms with Crippen molar-refractivity contribution in [1.29, 1.82) is 0 Å². The molecule has 1 saturated heterocycles. The lowest BCUT2D eigenvalue weighted by atomic mass is 9.93. The van der Waals surface area contributed by atoms with Crippen molar-refractivity contribution in [3.63, 3.8) is 0 Å². The summed E-state index contributed by atoms with van der Waals surface area (Å²) in [5.41, 5.74) is 2.05. The SMILES string of the molecule is CC1CCC(C#Cc2ccccn2)CN1C(=O)c1ccccc1-n1nccn1. The average Bonchev–Trinajstić information content (AvgIpc) is 3.28. The summed E-state index contributed by atoms with van der Waals surface area (Å²) in [7, 11) is 0. The Bertz CT molecular complexity index is 1000. The highest BCUT2D eigenvalue weighted by atomic mass is 16.2. The van der Waals surface area contributed by atoms with E-state index in [1.54, 1.807) is 18.6 Å². The minimum Gasteiger partial charge on any atom is -0.335 e. The van der Waals surface area contributed by atoms with E-state index in [9.17, 15) is 4.79 Å². The van der Waals surface area contributed by atoms with E-state index in [0.717, 1.165) is 18.5 Å². The molecule has 0 N–H and O–H groups in total. The second-order valence-electron chi connectivity index (χ2n) is 6.90. The summed E-state index contributed by atoms with van der Waals surface area (Å²) in [5.74, 6) is 6.57. The Balaban J connectivity index is 1.57. The molecule has 1 amide bonds. The number of rotatable bonds is 2. The molecule has 0 aliphatic carbocycles.